The van der Waals surface area contributed by atoms with Crippen molar-refractivity contribution in [1.82, 2.24) is 19.7 Å². The number of phenols is 1. The molecule has 4 rings (SSSR count). The van der Waals surface area contributed by atoms with Gasteiger partial charge in [-0.3, -0.25) is 9.78 Å². The molecule has 0 spiro atoms. The molecule has 0 saturated carbocycles. The molecule has 3 N–H and O–H groups in total. The smallest absolute Gasteiger partial charge is 0.255 e. The second-order valence-corrected chi connectivity index (χ2v) is 5.89. The lowest BCUT2D eigenvalue weighted by molar-refractivity contribution is -0.113. The molecule has 8 heteroatoms. The fraction of sp³-hybridized carbons (Fsp3) is 0.111. The van der Waals surface area contributed by atoms with E-state index in [0.717, 1.165) is 5.56 Å². The Balaban J connectivity index is 1.78. The predicted molar refractivity (Wildman–Crippen MR) is 95.5 cm³/mol. The van der Waals surface area contributed by atoms with Crippen molar-refractivity contribution in [2.75, 3.05) is 10.6 Å². The van der Waals surface area contributed by atoms with Crippen molar-refractivity contribution >= 4 is 17.5 Å². The van der Waals surface area contributed by atoms with Gasteiger partial charge in [-0.2, -0.15) is 10.1 Å². The molecule has 2 aromatic heterocycles. The van der Waals surface area contributed by atoms with Crippen LogP contribution in [0.5, 0.6) is 5.75 Å². The molecule has 0 aliphatic carbocycles. The summed E-state index contributed by atoms with van der Waals surface area (Å²) >= 11 is 0. The number of carbonyl (C=O) groups is 1. The number of amides is 1. The number of hydrogen-bond donors (Lipinski definition) is 3. The third-order valence-corrected chi connectivity index (χ3v) is 4.14. The van der Waals surface area contributed by atoms with Crippen LogP contribution in [0.3, 0.4) is 0 Å². The number of fused-ring (bicyclic) bond motifs is 1. The van der Waals surface area contributed by atoms with Crippen molar-refractivity contribution in [2.45, 2.75) is 13.0 Å². The molecule has 0 saturated heterocycles. The van der Waals surface area contributed by atoms with Gasteiger partial charge in [0, 0.05) is 11.9 Å². The van der Waals surface area contributed by atoms with E-state index in [9.17, 15) is 9.90 Å². The molecule has 1 aromatic carbocycles. The van der Waals surface area contributed by atoms with Gasteiger partial charge < -0.3 is 15.7 Å². The summed E-state index contributed by atoms with van der Waals surface area (Å²) in [5, 5.41) is 20.1. The average Bonchev–Trinajstić information content (AvgIpc) is 3.09. The zero-order valence-electron chi connectivity index (χ0n) is 13.9. The Labute approximate surface area is 149 Å². The van der Waals surface area contributed by atoms with E-state index in [2.05, 4.69) is 25.7 Å². The molecule has 26 heavy (non-hydrogen) atoms. The number of aromatic nitrogens is 4. The molecule has 0 radical (unpaired) electrons. The fourth-order valence-electron chi connectivity index (χ4n) is 3.02. The summed E-state index contributed by atoms with van der Waals surface area (Å²) < 4.78 is 1.62. The summed E-state index contributed by atoms with van der Waals surface area (Å²) in [5.41, 5.74) is 2.48. The molecule has 1 atom stereocenters. The third kappa shape index (κ3) is 2.77. The van der Waals surface area contributed by atoms with Crippen LogP contribution in [0.2, 0.25) is 0 Å². The Bertz CT molecular complexity index is 996. The molecular formula is C18H16N6O2. The van der Waals surface area contributed by atoms with Crippen LogP contribution in [-0.4, -0.2) is 30.8 Å². The van der Waals surface area contributed by atoms with Crippen LogP contribution >= 0.6 is 0 Å². The first-order chi connectivity index (χ1) is 12.6. The lowest BCUT2D eigenvalue weighted by Crippen LogP contribution is -2.31. The highest BCUT2D eigenvalue weighted by Crippen LogP contribution is 2.36. The summed E-state index contributed by atoms with van der Waals surface area (Å²) in [7, 11) is 0. The zero-order chi connectivity index (χ0) is 18.1. The van der Waals surface area contributed by atoms with Crippen LogP contribution < -0.4 is 10.6 Å². The van der Waals surface area contributed by atoms with Gasteiger partial charge in [0.25, 0.3) is 5.91 Å². The summed E-state index contributed by atoms with van der Waals surface area (Å²) in [4.78, 5) is 21.2. The van der Waals surface area contributed by atoms with Crippen molar-refractivity contribution < 1.29 is 9.90 Å². The number of nitrogens with one attached hydrogen (secondary N) is 2. The van der Waals surface area contributed by atoms with Crippen molar-refractivity contribution in [2.24, 2.45) is 0 Å². The van der Waals surface area contributed by atoms with Gasteiger partial charge in [-0.25, -0.2) is 4.68 Å². The zero-order valence-corrected chi connectivity index (χ0v) is 13.9. The van der Waals surface area contributed by atoms with Crippen LogP contribution in [0.15, 0.2) is 66.4 Å². The summed E-state index contributed by atoms with van der Waals surface area (Å²) in [6, 6.07) is 9.77. The molecular weight excluding hydrogens is 332 g/mol. The van der Waals surface area contributed by atoms with E-state index in [1.54, 1.807) is 47.4 Å². The Morgan fingerprint density at radius 1 is 1.31 bits per heavy atom. The van der Waals surface area contributed by atoms with Gasteiger partial charge in [-0.1, -0.05) is 12.1 Å². The highest BCUT2D eigenvalue weighted by atomic mass is 16.3. The minimum Gasteiger partial charge on any atom is -0.508 e. The molecule has 1 aliphatic rings. The number of hydrogen-bond acceptors (Lipinski definition) is 6. The second kappa shape index (κ2) is 6.32. The van der Waals surface area contributed by atoms with Crippen LogP contribution in [0.4, 0.5) is 11.6 Å². The fourth-order valence-corrected chi connectivity index (χ4v) is 3.02. The Morgan fingerprint density at radius 2 is 2.19 bits per heavy atom. The van der Waals surface area contributed by atoms with Crippen LogP contribution in [0.25, 0.3) is 0 Å². The molecule has 8 nitrogen and oxygen atoms in total. The molecule has 0 fully saturated rings. The average molecular weight is 348 g/mol. The topological polar surface area (TPSA) is 105 Å². The summed E-state index contributed by atoms with van der Waals surface area (Å²) in [5.74, 6) is 0.374. The quantitative estimate of drug-likeness (QED) is 0.671. The van der Waals surface area contributed by atoms with Crippen LogP contribution in [0.1, 0.15) is 18.5 Å². The number of phenolic OH excluding ortho intramolecular Hbond substituents is 1. The second-order valence-electron chi connectivity index (χ2n) is 5.89. The van der Waals surface area contributed by atoms with E-state index in [0.29, 0.717) is 22.9 Å². The van der Waals surface area contributed by atoms with E-state index in [-0.39, 0.29) is 11.7 Å². The lowest BCUT2D eigenvalue weighted by Gasteiger charge is -2.28. The maximum Gasteiger partial charge on any atom is 0.255 e. The van der Waals surface area contributed by atoms with Gasteiger partial charge in [0.05, 0.1) is 17.5 Å². The first kappa shape index (κ1) is 15.8. The molecule has 3 aromatic rings. The number of carbonyl (C=O) groups excluding carboxylic acids is 1. The molecule has 1 aliphatic heterocycles. The number of pyridine rings is 1. The highest BCUT2D eigenvalue weighted by molar-refractivity contribution is 6.05. The number of allylic oxidation sites excluding steroid dienone is 1. The van der Waals surface area contributed by atoms with Crippen molar-refractivity contribution in [3.8, 4) is 5.75 Å². The molecule has 1 amide bonds. The van der Waals surface area contributed by atoms with Gasteiger partial charge in [-0.15, -0.1) is 0 Å². The third-order valence-electron chi connectivity index (χ3n) is 4.14. The normalized spacial score (nSPS) is 16.0. The Morgan fingerprint density at radius 3 is 2.96 bits per heavy atom. The first-order valence-electron chi connectivity index (χ1n) is 8.01. The van der Waals surface area contributed by atoms with E-state index in [1.807, 2.05) is 13.0 Å². The number of aromatic hydroxyl groups is 1. The minimum absolute atomic E-state index is 0.118. The standard InChI is InChI=1S/C18H16N6O2/c1-11-15(17(26)23-13-5-3-7-19-9-13)16(12-4-2-6-14(25)8-12)24-18(22-11)20-10-21-24/h2-10,16,25H,1H3,(H,23,26)(H,20,21,22)/t16-/m1/s1. The Hall–Kier alpha value is -3.68. The number of benzene rings is 1. The molecule has 3 heterocycles. The number of nitrogens with zero attached hydrogens (tertiary/aromatic N) is 4. The monoisotopic (exact) mass is 348 g/mol. The lowest BCUT2D eigenvalue weighted by atomic mass is 9.95. The van der Waals surface area contributed by atoms with Gasteiger partial charge >= 0.3 is 0 Å². The highest BCUT2D eigenvalue weighted by Gasteiger charge is 2.33. The predicted octanol–water partition coefficient (Wildman–Crippen LogP) is 2.31. The largest absolute Gasteiger partial charge is 0.508 e. The van der Waals surface area contributed by atoms with E-state index in [4.69, 9.17) is 0 Å². The Kier molecular flexibility index (Phi) is 3.85. The number of anilines is 2. The minimum atomic E-state index is -0.516. The van der Waals surface area contributed by atoms with E-state index >= 15 is 0 Å². The maximum absolute atomic E-state index is 13.0. The first-order valence-corrected chi connectivity index (χ1v) is 8.01. The van der Waals surface area contributed by atoms with Gasteiger partial charge in [-0.05, 0) is 36.8 Å². The summed E-state index contributed by atoms with van der Waals surface area (Å²) in [6.07, 6.45) is 4.64. The van der Waals surface area contributed by atoms with E-state index in [1.165, 1.54) is 6.33 Å². The molecule has 130 valence electrons. The van der Waals surface area contributed by atoms with E-state index < -0.39 is 6.04 Å². The van der Waals surface area contributed by atoms with Crippen molar-refractivity contribution in [1.29, 1.82) is 0 Å². The SMILES string of the molecule is CC1=C(C(=O)Nc2cccnc2)[C@@H](c2cccc(O)c2)n2ncnc2N1. The van der Waals surface area contributed by atoms with Crippen molar-refractivity contribution in [3.63, 3.8) is 0 Å². The molecule has 0 unspecified atom stereocenters. The maximum atomic E-state index is 13.0. The number of rotatable bonds is 3. The molecule has 0 bridgehead atoms. The van der Waals surface area contributed by atoms with Gasteiger partial charge in [0.2, 0.25) is 5.95 Å². The van der Waals surface area contributed by atoms with Crippen LogP contribution in [0, 0.1) is 0 Å². The van der Waals surface area contributed by atoms with Gasteiger partial charge in [0.15, 0.2) is 0 Å². The summed E-state index contributed by atoms with van der Waals surface area (Å²) in [6.45, 7) is 1.81. The van der Waals surface area contributed by atoms with Crippen molar-refractivity contribution in [3.05, 3.63) is 72.0 Å². The van der Waals surface area contributed by atoms with Gasteiger partial charge in [0.1, 0.15) is 18.1 Å². The van der Waals surface area contributed by atoms with Crippen LogP contribution in [-0.2, 0) is 4.79 Å².